The van der Waals surface area contributed by atoms with E-state index in [4.69, 9.17) is 0 Å². The van der Waals surface area contributed by atoms with Crippen molar-refractivity contribution in [2.75, 3.05) is 0 Å². The van der Waals surface area contributed by atoms with Crippen molar-refractivity contribution in [1.29, 1.82) is 0 Å². The SMILES string of the molecule is CCC1[C-]=CC(C(C)(C)C)=C1.Cc1cc2[cH-]c3cc(C)c(C(C)(C)C)cc3c2cc1C(C)(C)C.FC(F)(F)c1cccc([C](=[Zr+2])c2cccc(C(F)(F)F)c2)c1.[Cl-].[Cl-]. The Hall–Kier alpha value is -2.86. The van der Waals surface area contributed by atoms with Crippen LogP contribution >= 0.6 is 0 Å². The molecule has 1 aliphatic rings. The summed E-state index contributed by atoms with van der Waals surface area (Å²) < 4.78 is 76.7. The van der Waals surface area contributed by atoms with Crippen molar-refractivity contribution < 1.29 is 75.4 Å². The molecule has 1 aliphatic carbocycles. The van der Waals surface area contributed by atoms with Gasteiger partial charge in [-0.2, -0.15) is 11.6 Å². The number of fused-ring (bicyclic) bond motifs is 3. The van der Waals surface area contributed by atoms with Crippen LogP contribution in [0.2, 0.25) is 0 Å². The smallest absolute Gasteiger partial charge is 1.00 e. The second-order valence-corrected chi connectivity index (χ2v) is 19.1. The van der Waals surface area contributed by atoms with Crippen molar-refractivity contribution in [3.63, 3.8) is 0 Å². The largest absolute Gasteiger partial charge is 1.00 e. The molecule has 0 bridgehead atoms. The van der Waals surface area contributed by atoms with Crippen molar-refractivity contribution in [2.45, 2.75) is 113 Å². The van der Waals surface area contributed by atoms with Gasteiger partial charge in [-0.05, 0) is 24.7 Å². The average Bonchev–Trinajstić information content (AvgIpc) is 3.71. The van der Waals surface area contributed by atoms with E-state index in [0.717, 1.165) is 48.5 Å². The van der Waals surface area contributed by atoms with E-state index in [2.05, 4.69) is 132 Å². The van der Waals surface area contributed by atoms with Crippen molar-refractivity contribution in [2.24, 2.45) is 11.3 Å². The minimum Gasteiger partial charge on any atom is -1.00 e. The molecule has 1 unspecified atom stereocenters. The molecule has 58 heavy (non-hydrogen) atoms. The van der Waals surface area contributed by atoms with Gasteiger partial charge in [-0.15, -0.1) is 39.7 Å². The molecule has 312 valence electrons. The van der Waals surface area contributed by atoms with Crippen LogP contribution in [0.3, 0.4) is 0 Å². The van der Waals surface area contributed by atoms with Crippen LogP contribution in [-0.4, -0.2) is 3.21 Å². The second-order valence-electron chi connectivity index (χ2n) is 17.9. The van der Waals surface area contributed by atoms with Gasteiger partial charge in [-0.3, -0.25) is 6.08 Å². The number of hydrogen-bond donors (Lipinski definition) is 0. The Morgan fingerprint density at radius 2 is 1.02 bits per heavy atom. The number of halogens is 8. The first kappa shape index (κ1) is 51.3. The summed E-state index contributed by atoms with van der Waals surface area (Å²) in [5.41, 5.74) is 6.69. The maximum Gasteiger partial charge on any atom is -1.00 e. The number of rotatable bonds is 3. The zero-order valence-electron chi connectivity index (χ0n) is 35.5. The third-order valence-electron chi connectivity index (χ3n) is 10.1. The molecular formula is C49H54Cl2F6Zr-2. The van der Waals surface area contributed by atoms with Gasteiger partial charge in [0.1, 0.15) is 0 Å². The van der Waals surface area contributed by atoms with Crippen molar-refractivity contribution in [1.82, 2.24) is 0 Å². The first-order valence-corrected chi connectivity index (χ1v) is 20.2. The summed E-state index contributed by atoms with van der Waals surface area (Å²) in [6.07, 6.45) is 0.0304. The van der Waals surface area contributed by atoms with Crippen molar-refractivity contribution >= 4 is 24.8 Å². The van der Waals surface area contributed by atoms with Gasteiger partial charge >= 0.3 is 137 Å². The summed E-state index contributed by atoms with van der Waals surface area (Å²) in [5.74, 6) is 0.573. The van der Waals surface area contributed by atoms with Gasteiger partial charge in [0.05, 0.1) is 0 Å². The Bertz CT molecular complexity index is 2130. The monoisotopic (exact) mass is 916 g/mol. The topological polar surface area (TPSA) is 0 Å². The van der Waals surface area contributed by atoms with Gasteiger partial charge in [0.15, 0.2) is 0 Å². The molecule has 0 fully saturated rings. The molecule has 0 aliphatic heterocycles. The van der Waals surface area contributed by atoms with Gasteiger partial charge in [-0.1, -0.05) is 121 Å². The molecule has 0 N–H and O–H groups in total. The van der Waals surface area contributed by atoms with Crippen LogP contribution < -0.4 is 24.8 Å². The Balaban J connectivity index is 0.000000312. The summed E-state index contributed by atoms with van der Waals surface area (Å²) in [5, 5.41) is 5.55. The van der Waals surface area contributed by atoms with Crippen LogP contribution in [-0.2, 0) is 47.4 Å². The molecule has 5 aromatic carbocycles. The Labute approximate surface area is 369 Å². The third-order valence-corrected chi connectivity index (χ3v) is 11.5. The van der Waals surface area contributed by atoms with E-state index >= 15 is 0 Å². The maximum absolute atomic E-state index is 12.7. The van der Waals surface area contributed by atoms with Gasteiger partial charge in [0.25, 0.3) is 0 Å². The van der Waals surface area contributed by atoms with Crippen LogP contribution in [0.4, 0.5) is 26.3 Å². The molecular weight excluding hydrogens is 865 g/mol. The molecule has 5 aromatic rings. The second kappa shape index (κ2) is 19.2. The molecule has 0 radical (unpaired) electrons. The molecule has 0 saturated carbocycles. The van der Waals surface area contributed by atoms with E-state index in [1.54, 1.807) is 0 Å². The molecule has 0 saturated heterocycles. The summed E-state index contributed by atoms with van der Waals surface area (Å²) in [7, 11) is 0. The fourth-order valence-electron chi connectivity index (χ4n) is 7.03. The molecule has 1 atom stereocenters. The molecule has 0 heterocycles. The summed E-state index contributed by atoms with van der Waals surface area (Å²) >= 11 is 0.729. The molecule has 0 amide bonds. The first-order valence-electron chi connectivity index (χ1n) is 19.0. The van der Waals surface area contributed by atoms with E-state index in [9.17, 15) is 26.3 Å². The number of hydrogen-bond acceptors (Lipinski definition) is 0. The third kappa shape index (κ3) is 12.8. The average molecular weight is 919 g/mol. The zero-order valence-corrected chi connectivity index (χ0v) is 39.4. The predicted octanol–water partition coefficient (Wildman–Crippen LogP) is 9.13. The maximum atomic E-state index is 12.7. The van der Waals surface area contributed by atoms with Gasteiger partial charge in [-0.25, -0.2) is 6.08 Å². The minimum atomic E-state index is -4.49. The van der Waals surface area contributed by atoms with E-state index in [0.29, 0.717) is 14.5 Å². The number of alkyl halides is 6. The summed E-state index contributed by atoms with van der Waals surface area (Å²) in [6.45, 7) is 27.2. The van der Waals surface area contributed by atoms with Crippen molar-refractivity contribution in [3.05, 3.63) is 147 Å². The normalized spacial score (nSPS) is 14.5. The fraction of sp³-hybridized carbons (Fsp3) is 0.388. The van der Waals surface area contributed by atoms with E-state index in [1.807, 2.05) is 0 Å². The number of benzene rings is 4. The quantitative estimate of drug-likeness (QED) is 0.125. The van der Waals surface area contributed by atoms with Crippen LogP contribution in [0.25, 0.3) is 21.5 Å². The number of aryl methyl sites for hydroxylation is 2. The Kier molecular flexibility index (Phi) is 17.0. The first-order chi connectivity index (χ1) is 25.6. The summed E-state index contributed by atoms with van der Waals surface area (Å²) in [6, 6.07) is 21.1. The minimum absolute atomic E-state index is 0. The molecule has 9 heteroatoms. The van der Waals surface area contributed by atoms with E-state index in [1.165, 1.54) is 80.1 Å². The van der Waals surface area contributed by atoms with Gasteiger partial charge in [0.2, 0.25) is 0 Å². The molecule has 6 rings (SSSR count). The molecule has 0 spiro atoms. The van der Waals surface area contributed by atoms with Gasteiger partial charge in [0, 0.05) is 0 Å². The van der Waals surface area contributed by atoms with Crippen LogP contribution in [0.5, 0.6) is 0 Å². The predicted molar refractivity (Wildman–Crippen MR) is 219 cm³/mol. The van der Waals surface area contributed by atoms with E-state index < -0.39 is 23.5 Å². The van der Waals surface area contributed by atoms with Crippen LogP contribution in [0.1, 0.15) is 120 Å². The van der Waals surface area contributed by atoms with Crippen LogP contribution in [0, 0.1) is 31.3 Å². The van der Waals surface area contributed by atoms with Crippen molar-refractivity contribution in [3.8, 4) is 0 Å². The summed E-state index contributed by atoms with van der Waals surface area (Å²) in [4.78, 5) is 0. The Morgan fingerprint density at radius 3 is 1.31 bits per heavy atom. The van der Waals surface area contributed by atoms with E-state index in [-0.39, 0.29) is 46.8 Å². The number of allylic oxidation sites excluding steroid dienone is 4. The van der Waals surface area contributed by atoms with Crippen LogP contribution in [0.15, 0.2) is 96.6 Å². The zero-order chi connectivity index (χ0) is 42.2. The Morgan fingerprint density at radius 1 is 0.621 bits per heavy atom. The molecule has 0 nitrogen and oxygen atoms in total. The fourth-order valence-corrected chi connectivity index (χ4v) is 7.79. The standard InChI is InChI=1S/C23H29.C15H8F6.C11H17.2ClH.Zr/c1-14-9-16-11-17-10-15(2)21(23(6,7)8)13-19(17)18(16)12-20(14)22(3,4)5;16-14(17,18)12-5-1-3-10(8-12)7-11-4-2-6-13(9-11)15(19,20)21;1-5-9-6-7-10(8-9)11(2,3)4;;;/h9-13H,1-8H3;1-6,8-9H;7-9H,5H2,1-4H3;2*1H;/q-1;;-1;;;+2/p-2. The molecule has 0 aromatic heterocycles. The van der Waals surface area contributed by atoms with Gasteiger partial charge < -0.3 is 24.8 Å².